The Morgan fingerprint density at radius 2 is 1.52 bits per heavy atom. The van der Waals surface area contributed by atoms with Crippen molar-refractivity contribution < 1.29 is 9.59 Å². The van der Waals surface area contributed by atoms with Crippen LogP contribution in [0.2, 0.25) is 0 Å². The van der Waals surface area contributed by atoms with Gasteiger partial charge in [-0.2, -0.15) is 0 Å². The summed E-state index contributed by atoms with van der Waals surface area (Å²) in [6.07, 6.45) is 1.93. The largest absolute Gasteiger partial charge is 0.348 e. The Morgan fingerprint density at radius 1 is 0.931 bits per heavy atom. The number of nitrogens with one attached hydrogen (secondary N) is 1. The van der Waals surface area contributed by atoms with E-state index in [1.165, 1.54) is 0 Å². The van der Waals surface area contributed by atoms with Crippen LogP contribution in [0.4, 0.5) is 0 Å². The summed E-state index contributed by atoms with van der Waals surface area (Å²) in [4.78, 5) is 29.6. The van der Waals surface area contributed by atoms with E-state index in [1.807, 2.05) is 60.4 Å². The van der Waals surface area contributed by atoms with Crippen LogP contribution in [0.3, 0.4) is 0 Å². The molecule has 0 spiro atoms. The molecule has 29 heavy (non-hydrogen) atoms. The molecular formula is C24H31N3O2. The molecule has 0 saturated carbocycles. The molecule has 2 atom stereocenters. The van der Waals surface area contributed by atoms with Gasteiger partial charge in [0, 0.05) is 31.7 Å². The van der Waals surface area contributed by atoms with Gasteiger partial charge in [0.15, 0.2) is 0 Å². The molecule has 154 valence electrons. The minimum absolute atomic E-state index is 0.0390. The molecule has 5 nitrogen and oxygen atoms in total. The lowest BCUT2D eigenvalue weighted by molar-refractivity contribution is -0.127. The summed E-state index contributed by atoms with van der Waals surface area (Å²) in [6, 6.07) is 19.4. The van der Waals surface area contributed by atoms with Crippen molar-refractivity contribution in [3.63, 3.8) is 0 Å². The van der Waals surface area contributed by atoms with Gasteiger partial charge in [-0.15, -0.1) is 0 Å². The summed E-state index contributed by atoms with van der Waals surface area (Å²) >= 11 is 0. The molecule has 1 saturated heterocycles. The van der Waals surface area contributed by atoms with Gasteiger partial charge in [0.25, 0.3) is 5.91 Å². The van der Waals surface area contributed by atoms with Crippen molar-refractivity contribution in [3.8, 4) is 0 Å². The monoisotopic (exact) mass is 393 g/mol. The summed E-state index contributed by atoms with van der Waals surface area (Å²) in [7, 11) is 0. The van der Waals surface area contributed by atoms with Gasteiger partial charge in [-0.05, 0) is 31.0 Å². The van der Waals surface area contributed by atoms with Crippen molar-refractivity contribution in [1.29, 1.82) is 0 Å². The van der Waals surface area contributed by atoms with Crippen molar-refractivity contribution in [2.45, 2.75) is 38.8 Å². The topological polar surface area (TPSA) is 52.7 Å². The quantitative estimate of drug-likeness (QED) is 0.783. The molecule has 0 aromatic heterocycles. The molecule has 5 heteroatoms. The van der Waals surface area contributed by atoms with Gasteiger partial charge < -0.3 is 10.2 Å². The zero-order valence-electron chi connectivity index (χ0n) is 17.4. The minimum Gasteiger partial charge on any atom is -0.348 e. The normalized spacial score (nSPS) is 16.8. The highest BCUT2D eigenvalue weighted by molar-refractivity contribution is 5.94. The van der Waals surface area contributed by atoms with Crippen LogP contribution in [0.5, 0.6) is 0 Å². The Labute approximate surface area is 173 Å². The molecule has 1 fully saturated rings. The van der Waals surface area contributed by atoms with Gasteiger partial charge in [0.05, 0.1) is 12.1 Å². The highest BCUT2D eigenvalue weighted by Gasteiger charge is 2.28. The first-order chi connectivity index (χ1) is 14.1. The molecule has 2 aromatic rings. The van der Waals surface area contributed by atoms with E-state index in [0.717, 1.165) is 24.0 Å². The zero-order valence-corrected chi connectivity index (χ0v) is 17.4. The van der Waals surface area contributed by atoms with E-state index in [-0.39, 0.29) is 23.9 Å². The first-order valence-electron chi connectivity index (χ1n) is 10.5. The molecule has 0 radical (unpaired) electrons. The number of hydrogen-bond acceptors (Lipinski definition) is 3. The summed E-state index contributed by atoms with van der Waals surface area (Å²) in [5, 5.41) is 3.23. The molecule has 0 bridgehead atoms. The number of hydrogen-bond donors (Lipinski definition) is 1. The van der Waals surface area contributed by atoms with Crippen LogP contribution in [0.1, 0.15) is 48.7 Å². The molecule has 0 aliphatic carbocycles. The second-order valence-electron chi connectivity index (χ2n) is 7.63. The maximum atomic E-state index is 12.9. The number of amides is 2. The van der Waals surface area contributed by atoms with Gasteiger partial charge in [0.2, 0.25) is 5.91 Å². The lowest BCUT2D eigenvalue weighted by atomic mass is 10.0. The van der Waals surface area contributed by atoms with E-state index in [4.69, 9.17) is 0 Å². The van der Waals surface area contributed by atoms with E-state index in [2.05, 4.69) is 29.3 Å². The molecule has 1 N–H and O–H groups in total. The molecule has 2 amide bonds. The third kappa shape index (κ3) is 5.45. The number of piperazine rings is 1. The fourth-order valence-corrected chi connectivity index (χ4v) is 3.83. The predicted molar refractivity (Wildman–Crippen MR) is 116 cm³/mol. The Kier molecular flexibility index (Phi) is 7.42. The third-order valence-corrected chi connectivity index (χ3v) is 5.65. The van der Waals surface area contributed by atoms with Gasteiger partial charge in [0.1, 0.15) is 0 Å². The van der Waals surface area contributed by atoms with Crippen LogP contribution in [0.15, 0.2) is 60.7 Å². The summed E-state index contributed by atoms with van der Waals surface area (Å²) in [5.74, 6) is 0.115. The first-order valence-corrected chi connectivity index (χ1v) is 10.5. The molecule has 3 rings (SSSR count). The second kappa shape index (κ2) is 10.2. The summed E-state index contributed by atoms with van der Waals surface area (Å²) < 4.78 is 0. The van der Waals surface area contributed by atoms with Crippen molar-refractivity contribution in [2.24, 2.45) is 0 Å². The summed E-state index contributed by atoms with van der Waals surface area (Å²) in [6.45, 7) is 6.78. The Morgan fingerprint density at radius 3 is 2.10 bits per heavy atom. The van der Waals surface area contributed by atoms with Crippen LogP contribution in [-0.4, -0.2) is 53.8 Å². The number of nitrogens with zero attached hydrogens (tertiary/aromatic N) is 2. The third-order valence-electron chi connectivity index (χ3n) is 5.65. The van der Waals surface area contributed by atoms with Crippen molar-refractivity contribution in [3.05, 3.63) is 71.8 Å². The molecule has 1 aliphatic rings. The Balaban J connectivity index is 1.55. The van der Waals surface area contributed by atoms with Crippen LogP contribution in [0.25, 0.3) is 0 Å². The van der Waals surface area contributed by atoms with Gasteiger partial charge >= 0.3 is 0 Å². The molecule has 1 heterocycles. The lowest BCUT2D eigenvalue weighted by Crippen LogP contribution is -2.55. The van der Waals surface area contributed by atoms with Crippen LogP contribution in [-0.2, 0) is 4.79 Å². The standard InChI is InChI=1S/C24H31N3O2/c1-3-10-22(20-11-6-4-7-12-20)25-23(28)19(2)26-15-17-27(18-16-26)24(29)21-13-8-5-9-14-21/h4-9,11-14,19,22H,3,10,15-18H2,1-2H3,(H,25,28)/t19-,22+/m0/s1. The van der Waals surface area contributed by atoms with E-state index in [9.17, 15) is 9.59 Å². The van der Waals surface area contributed by atoms with E-state index < -0.39 is 0 Å². The highest BCUT2D eigenvalue weighted by Crippen LogP contribution is 2.19. The predicted octanol–water partition coefficient (Wildman–Crippen LogP) is 3.49. The van der Waals surface area contributed by atoms with E-state index in [1.54, 1.807) is 0 Å². The van der Waals surface area contributed by atoms with Gasteiger partial charge in [-0.1, -0.05) is 61.9 Å². The average Bonchev–Trinajstić information content (AvgIpc) is 2.79. The first kappa shape index (κ1) is 21.1. The molecule has 0 unspecified atom stereocenters. The van der Waals surface area contributed by atoms with Crippen LogP contribution < -0.4 is 5.32 Å². The maximum absolute atomic E-state index is 12.9. The average molecular weight is 394 g/mol. The Hall–Kier alpha value is -2.66. The number of rotatable bonds is 7. The van der Waals surface area contributed by atoms with Crippen molar-refractivity contribution >= 4 is 11.8 Å². The fraction of sp³-hybridized carbons (Fsp3) is 0.417. The van der Waals surface area contributed by atoms with Crippen LogP contribution >= 0.6 is 0 Å². The summed E-state index contributed by atoms with van der Waals surface area (Å²) in [5.41, 5.74) is 1.87. The maximum Gasteiger partial charge on any atom is 0.253 e. The number of carbonyl (C=O) groups excluding carboxylic acids is 2. The Bertz CT molecular complexity index is 786. The number of carbonyl (C=O) groups is 2. The smallest absolute Gasteiger partial charge is 0.253 e. The molecule has 2 aromatic carbocycles. The zero-order chi connectivity index (χ0) is 20.6. The fourth-order valence-electron chi connectivity index (χ4n) is 3.83. The highest BCUT2D eigenvalue weighted by atomic mass is 16.2. The number of benzene rings is 2. The lowest BCUT2D eigenvalue weighted by Gasteiger charge is -2.38. The van der Waals surface area contributed by atoms with Crippen LogP contribution in [0, 0.1) is 0 Å². The molecule has 1 aliphatic heterocycles. The van der Waals surface area contributed by atoms with E-state index in [0.29, 0.717) is 26.2 Å². The van der Waals surface area contributed by atoms with Gasteiger partial charge in [-0.3, -0.25) is 14.5 Å². The van der Waals surface area contributed by atoms with E-state index >= 15 is 0 Å². The second-order valence-corrected chi connectivity index (χ2v) is 7.63. The minimum atomic E-state index is -0.216. The molecular weight excluding hydrogens is 362 g/mol. The SMILES string of the molecule is CCC[C@@H](NC(=O)[C@H](C)N1CCN(C(=O)c2ccccc2)CC1)c1ccccc1. The van der Waals surface area contributed by atoms with Gasteiger partial charge in [-0.25, -0.2) is 0 Å². The van der Waals surface area contributed by atoms with Crippen molar-refractivity contribution in [1.82, 2.24) is 15.1 Å². The van der Waals surface area contributed by atoms with Crippen molar-refractivity contribution in [2.75, 3.05) is 26.2 Å².